The lowest BCUT2D eigenvalue weighted by molar-refractivity contribution is 0.624. The van der Waals surface area contributed by atoms with Crippen molar-refractivity contribution >= 4 is 55.2 Å². The first-order chi connectivity index (χ1) is 12.1. The van der Waals surface area contributed by atoms with Crippen LogP contribution in [0, 0.1) is 0 Å². The zero-order valence-electron chi connectivity index (χ0n) is 13.4. The highest BCUT2D eigenvalue weighted by Crippen LogP contribution is 2.35. The normalized spacial score (nSPS) is 12.3. The van der Waals surface area contributed by atoms with Gasteiger partial charge in [-0.15, -0.1) is 11.8 Å². The van der Waals surface area contributed by atoms with Gasteiger partial charge in [-0.3, -0.25) is 0 Å². The van der Waals surface area contributed by atoms with Crippen LogP contribution in [0.15, 0.2) is 75.0 Å². The van der Waals surface area contributed by atoms with Gasteiger partial charge in [0, 0.05) is 43.1 Å². The van der Waals surface area contributed by atoms with E-state index < -0.39 is 0 Å². The summed E-state index contributed by atoms with van der Waals surface area (Å²) in [4.78, 5) is 5.42. The largest absolute Gasteiger partial charge is 0.336 e. The summed E-state index contributed by atoms with van der Waals surface area (Å²) in [5.74, 6) is 0. The molecule has 0 fully saturated rings. The van der Waals surface area contributed by atoms with Gasteiger partial charge in [-0.05, 0) is 64.7 Å². The lowest BCUT2D eigenvalue weighted by atomic mass is 10.1. The standard InChI is InChI=1S/C19H17Br2ClN2S/c20-15-4-8-19(18(21)11-15)25-17(12-24-10-9-23-13-24)7-3-14-1-5-16(22)6-2-14/h1-2,4-6,8-11,13,17H,3,7,12H2. The third-order valence-corrected chi connectivity index (χ3v) is 6.82. The second-order valence-corrected chi connectivity index (χ2v) is 9.29. The Morgan fingerprint density at radius 3 is 2.60 bits per heavy atom. The number of nitrogens with zero attached hydrogens (tertiary/aromatic N) is 2. The second kappa shape index (κ2) is 9.26. The number of imidazole rings is 1. The highest BCUT2D eigenvalue weighted by atomic mass is 79.9. The SMILES string of the molecule is Clc1ccc(CCC(Cn2ccnc2)Sc2ccc(Br)cc2Br)cc1. The van der Waals surface area contributed by atoms with E-state index in [1.165, 1.54) is 10.5 Å². The summed E-state index contributed by atoms with van der Waals surface area (Å²) in [7, 11) is 0. The Balaban J connectivity index is 1.71. The van der Waals surface area contributed by atoms with Crippen LogP contribution in [0.3, 0.4) is 0 Å². The summed E-state index contributed by atoms with van der Waals surface area (Å²) in [5, 5.41) is 1.23. The van der Waals surface area contributed by atoms with E-state index in [9.17, 15) is 0 Å². The molecular formula is C19H17Br2ClN2S. The van der Waals surface area contributed by atoms with Gasteiger partial charge in [0.2, 0.25) is 0 Å². The van der Waals surface area contributed by atoms with Gasteiger partial charge in [0.1, 0.15) is 0 Å². The van der Waals surface area contributed by atoms with Crippen LogP contribution in [0.5, 0.6) is 0 Å². The number of aromatic nitrogens is 2. The Hall–Kier alpha value is -0.750. The number of hydrogen-bond acceptors (Lipinski definition) is 2. The van der Waals surface area contributed by atoms with Crippen LogP contribution in [-0.2, 0) is 13.0 Å². The number of aryl methyl sites for hydroxylation is 1. The lowest BCUT2D eigenvalue weighted by Gasteiger charge is -2.18. The summed E-state index contributed by atoms with van der Waals surface area (Å²) in [6.07, 6.45) is 7.83. The van der Waals surface area contributed by atoms with Crippen LogP contribution in [0.25, 0.3) is 0 Å². The molecule has 1 atom stereocenters. The van der Waals surface area contributed by atoms with Crippen LogP contribution in [-0.4, -0.2) is 14.8 Å². The average molecular weight is 501 g/mol. The van der Waals surface area contributed by atoms with Crippen molar-refractivity contribution in [2.75, 3.05) is 0 Å². The Bertz CT molecular complexity index is 807. The first-order valence-electron chi connectivity index (χ1n) is 7.92. The molecule has 2 nitrogen and oxygen atoms in total. The molecule has 0 bridgehead atoms. The van der Waals surface area contributed by atoms with Crippen LogP contribution in [0.4, 0.5) is 0 Å². The molecule has 0 saturated heterocycles. The molecule has 1 heterocycles. The Labute approximate surface area is 174 Å². The van der Waals surface area contributed by atoms with Crippen molar-refractivity contribution in [3.8, 4) is 0 Å². The summed E-state index contributed by atoms with van der Waals surface area (Å²) < 4.78 is 4.34. The molecule has 6 heteroatoms. The fraction of sp³-hybridized carbons (Fsp3) is 0.211. The predicted molar refractivity (Wildman–Crippen MR) is 113 cm³/mol. The van der Waals surface area contributed by atoms with Crippen molar-refractivity contribution < 1.29 is 0 Å². The number of halogens is 3. The average Bonchev–Trinajstić information content (AvgIpc) is 3.09. The molecule has 0 spiro atoms. The topological polar surface area (TPSA) is 17.8 Å². The summed E-state index contributed by atoms with van der Waals surface area (Å²) in [6, 6.07) is 14.5. The number of thioether (sulfide) groups is 1. The highest BCUT2D eigenvalue weighted by molar-refractivity contribution is 9.11. The number of rotatable bonds is 7. The Kier molecular flexibility index (Phi) is 7.05. The van der Waals surface area contributed by atoms with Crippen molar-refractivity contribution in [3.63, 3.8) is 0 Å². The van der Waals surface area contributed by atoms with Crippen molar-refractivity contribution in [3.05, 3.63) is 80.7 Å². The van der Waals surface area contributed by atoms with Gasteiger partial charge in [0.15, 0.2) is 0 Å². The maximum Gasteiger partial charge on any atom is 0.0946 e. The van der Waals surface area contributed by atoms with E-state index in [1.807, 2.05) is 42.6 Å². The molecule has 1 unspecified atom stereocenters. The van der Waals surface area contributed by atoms with Crippen LogP contribution in [0.2, 0.25) is 5.02 Å². The third kappa shape index (κ3) is 5.88. The molecule has 0 radical (unpaired) electrons. The first kappa shape index (κ1) is 19.0. The van der Waals surface area contributed by atoms with Crippen LogP contribution in [0.1, 0.15) is 12.0 Å². The van der Waals surface area contributed by atoms with Crippen LogP contribution < -0.4 is 0 Å². The van der Waals surface area contributed by atoms with Crippen molar-refractivity contribution in [2.45, 2.75) is 29.5 Å². The molecule has 0 N–H and O–H groups in total. The number of benzene rings is 2. The molecule has 0 aliphatic heterocycles. The molecule has 2 aromatic carbocycles. The van der Waals surface area contributed by atoms with Gasteiger partial charge in [0.25, 0.3) is 0 Å². The second-order valence-electron chi connectivity index (χ2n) is 5.74. The summed E-state index contributed by atoms with van der Waals surface area (Å²) in [5.41, 5.74) is 1.32. The van der Waals surface area contributed by atoms with Gasteiger partial charge in [0.05, 0.1) is 6.33 Å². The molecule has 0 saturated carbocycles. The minimum absolute atomic E-state index is 0.447. The quantitative estimate of drug-likeness (QED) is 0.330. The van der Waals surface area contributed by atoms with Crippen molar-refractivity contribution in [1.29, 1.82) is 0 Å². The van der Waals surface area contributed by atoms with E-state index in [0.29, 0.717) is 5.25 Å². The highest BCUT2D eigenvalue weighted by Gasteiger charge is 2.14. The monoisotopic (exact) mass is 498 g/mol. The van der Waals surface area contributed by atoms with E-state index in [2.05, 4.69) is 71.7 Å². The minimum Gasteiger partial charge on any atom is -0.336 e. The van der Waals surface area contributed by atoms with E-state index in [0.717, 1.165) is 33.4 Å². The maximum atomic E-state index is 5.98. The predicted octanol–water partition coefficient (Wildman–Crippen LogP) is 6.86. The maximum absolute atomic E-state index is 5.98. The van der Waals surface area contributed by atoms with Crippen molar-refractivity contribution in [1.82, 2.24) is 9.55 Å². The molecule has 25 heavy (non-hydrogen) atoms. The first-order valence-corrected chi connectivity index (χ1v) is 10.8. The van der Waals surface area contributed by atoms with Crippen LogP contribution >= 0.6 is 55.2 Å². The molecule has 130 valence electrons. The molecule has 0 aliphatic carbocycles. The molecule has 1 aromatic heterocycles. The van der Waals surface area contributed by atoms with E-state index in [-0.39, 0.29) is 0 Å². The van der Waals surface area contributed by atoms with Crippen molar-refractivity contribution in [2.24, 2.45) is 0 Å². The fourth-order valence-corrected chi connectivity index (χ4v) is 5.16. The molecule has 3 aromatic rings. The summed E-state index contributed by atoms with van der Waals surface area (Å²) in [6.45, 7) is 0.931. The Morgan fingerprint density at radius 1 is 1.12 bits per heavy atom. The zero-order chi connectivity index (χ0) is 17.6. The van der Waals surface area contributed by atoms with E-state index >= 15 is 0 Å². The fourth-order valence-electron chi connectivity index (χ4n) is 2.55. The van der Waals surface area contributed by atoms with Gasteiger partial charge in [-0.25, -0.2) is 4.98 Å². The van der Waals surface area contributed by atoms with E-state index in [1.54, 1.807) is 0 Å². The summed E-state index contributed by atoms with van der Waals surface area (Å²) >= 11 is 15.1. The lowest BCUT2D eigenvalue weighted by Crippen LogP contribution is -2.13. The van der Waals surface area contributed by atoms with Gasteiger partial charge >= 0.3 is 0 Å². The Morgan fingerprint density at radius 2 is 1.92 bits per heavy atom. The van der Waals surface area contributed by atoms with Gasteiger partial charge in [-0.1, -0.05) is 39.7 Å². The minimum atomic E-state index is 0.447. The molecular weight excluding hydrogens is 484 g/mol. The van der Waals surface area contributed by atoms with Gasteiger partial charge in [-0.2, -0.15) is 0 Å². The van der Waals surface area contributed by atoms with E-state index in [4.69, 9.17) is 11.6 Å². The molecule has 3 rings (SSSR count). The molecule has 0 aliphatic rings. The third-order valence-electron chi connectivity index (χ3n) is 3.83. The smallest absolute Gasteiger partial charge is 0.0946 e. The molecule has 0 amide bonds. The van der Waals surface area contributed by atoms with Gasteiger partial charge < -0.3 is 4.57 Å². The number of hydrogen-bond donors (Lipinski definition) is 0. The zero-order valence-corrected chi connectivity index (χ0v) is 18.2.